The summed E-state index contributed by atoms with van der Waals surface area (Å²) in [6.07, 6.45) is 1.75. The fourth-order valence-electron chi connectivity index (χ4n) is 0.346. The summed E-state index contributed by atoms with van der Waals surface area (Å²) in [7, 11) is 0. The summed E-state index contributed by atoms with van der Waals surface area (Å²) < 4.78 is 4.76. The Kier molecular flexibility index (Phi) is 11.3. The lowest BCUT2D eigenvalue weighted by Gasteiger charge is -2.04. The van der Waals surface area contributed by atoms with E-state index in [1.807, 2.05) is 13.8 Å². The van der Waals surface area contributed by atoms with Gasteiger partial charge in [0.15, 0.2) is 0 Å². The summed E-state index contributed by atoms with van der Waals surface area (Å²) in [5.41, 5.74) is 0. The van der Waals surface area contributed by atoms with E-state index in [9.17, 15) is 4.79 Å². The Hall–Kier alpha value is -0.530. The maximum absolute atomic E-state index is 10.4. The largest absolute Gasteiger partial charge is 0.463 e. The number of carbonyl (C=O) groups is 1. The molecule has 0 saturated heterocycles. The molecule has 0 bridgehead atoms. The Morgan fingerprint density at radius 2 is 1.64 bits per heavy atom. The van der Waals surface area contributed by atoms with Crippen LogP contribution in [0.4, 0.5) is 0 Å². The second-order valence-electron chi connectivity index (χ2n) is 2.60. The lowest BCUT2D eigenvalue weighted by atomic mass is 10.4. The van der Waals surface area contributed by atoms with Crippen LogP contribution in [0.2, 0.25) is 0 Å². The molecular formula is C9H20O2. The third-order valence-electron chi connectivity index (χ3n) is 0.656. The van der Waals surface area contributed by atoms with Crippen LogP contribution in [-0.4, -0.2) is 12.1 Å². The number of hydrogen-bond donors (Lipinski definition) is 0. The van der Waals surface area contributed by atoms with E-state index in [4.69, 9.17) is 4.74 Å². The van der Waals surface area contributed by atoms with Crippen molar-refractivity contribution in [3.05, 3.63) is 0 Å². The van der Waals surface area contributed by atoms with Crippen molar-refractivity contribution in [1.82, 2.24) is 0 Å². The molecule has 0 radical (unpaired) electrons. The number of carbonyl (C=O) groups excluding carboxylic acids is 1. The van der Waals surface area contributed by atoms with Crippen molar-refractivity contribution in [1.29, 1.82) is 0 Å². The second kappa shape index (κ2) is 9.47. The van der Waals surface area contributed by atoms with Crippen molar-refractivity contribution in [2.75, 3.05) is 0 Å². The van der Waals surface area contributed by atoms with E-state index in [2.05, 4.69) is 13.8 Å². The van der Waals surface area contributed by atoms with Crippen molar-refractivity contribution in [2.45, 2.75) is 53.6 Å². The topological polar surface area (TPSA) is 26.3 Å². The quantitative estimate of drug-likeness (QED) is 0.580. The smallest absolute Gasteiger partial charge is 0.305 e. The summed E-state index contributed by atoms with van der Waals surface area (Å²) in [6.45, 7) is 9.71. The van der Waals surface area contributed by atoms with Crippen LogP contribution in [0, 0.1) is 0 Å². The summed E-state index contributed by atoms with van der Waals surface area (Å²) in [4.78, 5) is 10.4. The SMILES string of the molecule is CCC.CCC(=O)OC(C)C. The van der Waals surface area contributed by atoms with Gasteiger partial charge in [0.1, 0.15) is 0 Å². The van der Waals surface area contributed by atoms with Gasteiger partial charge in [0.05, 0.1) is 6.10 Å². The van der Waals surface area contributed by atoms with Gasteiger partial charge in [-0.15, -0.1) is 0 Å². The molecule has 0 spiro atoms. The van der Waals surface area contributed by atoms with Gasteiger partial charge in [0.25, 0.3) is 0 Å². The minimum atomic E-state index is -0.125. The van der Waals surface area contributed by atoms with Crippen LogP contribution in [0.25, 0.3) is 0 Å². The van der Waals surface area contributed by atoms with Crippen LogP contribution < -0.4 is 0 Å². The summed E-state index contributed by atoms with van der Waals surface area (Å²) in [6, 6.07) is 0. The highest BCUT2D eigenvalue weighted by Crippen LogP contribution is 1.90. The summed E-state index contributed by atoms with van der Waals surface area (Å²) >= 11 is 0. The molecule has 0 aliphatic heterocycles. The van der Waals surface area contributed by atoms with Crippen LogP contribution in [0.3, 0.4) is 0 Å². The van der Waals surface area contributed by atoms with Gasteiger partial charge in [-0.2, -0.15) is 0 Å². The third kappa shape index (κ3) is 17.7. The van der Waals surface area contributed by atoms with E-state index in [0.717, 1.165) is 0 Å². The molecule has 11 heavy (non-hydrogen) atoms. The van der Waals surface area contributed by atoms with Crippen LogP contribution in [0.5, 0.6) is 0 Å². The zero-order valence-corrected chi connectivity index (χ0v) is 8.31. The molecule has 0 saturated carbocycles. The predicted octanol–water partition coefficient (Wildman–Crippen LogP) is 2.76. The molecule has 0 aromatic carbocycles. The van der Waals surface area contributed by atoms with E-state index in [-0.39, 0.29) is 12.1 Å². The second-order valence-corrected chi connectivity index (χ2v) is 2.60. The van der Waals surface area contributed by atoms with E-state index in [1.165, 1.54) is 6.42 Å². The predicted molar refractivity (Wildman–Crippen MR) is 47.5 cm³/mol. The van der Waals surface area contributed by atoms with Gasteiger partial charge in [-0.05, 0) is 13.8 Å². The van der Waals surface area contributed by atoms with Crippen molar-refractivity contribution < 1.29 is 9.53 Å². The van der Waals surface area contributed by atoms with Crippen molar-refractivity contribution in [3.63, 3.8) is 0 Å². The van der Waals surface area contributed by atoms with E-state index in [0.29, 0.717) is 6.42 Å². The Balaban J connectivity index is 0. The molecule has 0 rings (SSSR count). The number of rotatable bonds is 2. The zero-order valence-electron chi connectivity index (χ0n) is 8.31. The fraction of sp³-hybridized carbons (Fsp3) is 0.889. The van der Waals surface area contributed by atoms with Crippen molar-refractivity contribution in [3.8, 4) is 0 Å². The van der Waals surface area contributed by atoms with Crippen molar-refractivity contribution in [2.24, 2.45) is 0 Å². The molecule has 68 valence electrons. The van der Waals surface area contributed by atoms with Crippen LogP contribution in [0.1, 0.15) is 47.5 Å². The molecule has 0 aliphatic carbocycles. The normalized spacial score (nSPS) is 8.55. The van der Waals surface area contributed by atoms with E-state index < -0.39 is 0 Å². The van der Waals surface area contributed by atoms with Crippen LogP contribution in [0.15, 0.2) is 0 Å². The molecule has 0 aromatic rings. The Bertz CT molecular complexity index is 87.6. The molecule has 2 nitrogen and oxygen atoms in total. The van der Waals surface area contributed by atoms with Gasteiger partial charge in [-0.1, -0.05) is 27.2 Å². The Morgan fingerprint density at radius 3 is 1.73 bits per heavy atom. The molecule has 0 heterocycles. The maximum Gasteiger partial charge on any atom is 0.305 e. The molecule has 0 N–H and O–H groups in total. The highest BCUT2D eigenvalue weighted by Gasteiger charge is 1.98. The Labute approximate surface area is 69.9 Å². The first-order chi connectivity index (χ1) is 5.08. The molecule has 0 atom stereocenters. The van der Waals surface area contributed by atoms with E-state index in [1.54, 1.807) is 6.92 Å². The monoisotopic (exact) mass is 160 g/mol. The molecule has 0 aromatic heterocycles. The van der Waals surface area contributed by atoms with E-state index >= 15 is 0 Å². The minimum absolute atomic E-state index is 0.0300. The molecule has 0 unspecified atom stereocenters. The van der Waals surface area contributed by atoms with Gasteiger partial charge in [0, 0.05) is 6.42 Å². The van der Waals surface area contributed by atoms with Gasteiger partial charge < -0.3 is 4.74 Å². The Morgan fingerprint density at radius 1 is 1.27 bits per heavy atom. The first kappa shape index (κ1) is 13.1. The van der Waals surface area contributed by atoms with Crippen LogP contribution in [-0.2, 0) is 9.53 Å². The van der Waals surface area contributed by atoms with Gasteiger partial charge in [-0.3, -0.25) is 4.79 Å². The van der Waals surface area contributed by atoms with Crippen LogP contribution >= 0.6 is 0 Å². The summed E-state index contributed by atoms with van der Waals surface area (Å²) in [5.74, 6) is -0.125. The lowest BCUT2D eigenvalue weighted by molar-refractivity contribution is -0.146. The molecule has 0 fully saturated rings. The fourth-order valence-corrected chi connectivity index (χ4v) is 0.346. The molecular weight excluding hydrogens is 140 g/mol. The average molecular weight is 160 g/mol. The van der Waals surface area contributed by atoms with Crippen molar-refractivity contribution >= 4 is 5.97 Å². The third-order valence-corrected chi connectivity index (χ3v) is 0.656. The van der Waals surface area contributed by atoms with Gasteiger partial charge in [0.2, 0.25) is 0 Å². The minimum Gasteiger partial charge on any atom is -0.463 e. The first-order valence-corrected chi connectivity index (χ1v) is 4.27. The average Bonchev–Trinajstić information content (AvgIpc) is 1.88. The maximum atomic E-state index is 10.4. The first-order valence-electron chi connectivity index (χ1n) is 4.27. The van der Waals surface area contributed by atoms with Gasteiger partial charge in [-0.25, -0.2) is 0 Å². The highest BCUT2D eigenvalue weighted by atomic mass is 16.5. The number of ether oxygens (including phenoxy) is 1. The van der Waals surface area contributed by atoms with Gasteiger partial charge >= 0.3 is 5.97 Å². The number of hydrogen-bond acceptors (Lipinski definition) is 2. The molecule has 0 aliphatic rings. The number of esters is 1. The lowest BCUT2D eigenvalue weighted by Crippen LogP contribution is -2.09. The molecule has 0 amide bonds. The standard InChI is InChI=1S/C6H12O2.C3H8/c1-4-6(7)8-5(2)3;1-3-2/h5H,4H2,1-3H3;3H2,1-2H3. The zero-order chi connectivity index (χ0) is 9.28. The highest BCUT2D eigenvalue weighted by molar-refractivity contribution is 5.68. The summed E-state index contributed by atoms with van der Waals surface area (Å²) in [5, 5.41) is 0. The molecule has 2 heteroatoms.